The Balaban J connectivity index is 1.69. The maximum absolute atomic E-state index is 12.8. The Morgan fingerprint density at radius 1 is 1.33 bits per heavy atom. The van der Waals surface area contributed by atoms with E-state index in [2.05, 4.69) is 0 Å². The van der Waals surface area contributed by atoms with Crippen molar-refractivity contribution in [3.63, 3.8) is 0 Å². The molecule has 3 aliphatic heterocycles. The molecule has 0 bridgehead atoms. The highest BCUT2D eigenvalue weighted by Crippen LogP contribution is 2.55. The van der Waals surface area contributed by atoms with Crippen molar-refractivity contribution in [2.24, 2.45) is 11.8 Å². The van der Waals surface area contributed by atoms with Gasteiger partial charge in [-0.15, -0.1) is 11.8 Å². The van der Waals surface area contributed by atoms with Crippen LogP contribution in [0.5, 0.6) is 0 Å². The molecule has 11 heteroatoms. The fourth-order valence-electron chi connectivity index (χ4n) is 3.65. The first-order chi connectivity index (χ1) is 14.3. The van der Waals surface area contributed by atoms with Gasteiger partial charge in [0.1, 0.15) is 5.37 Å². The van der Waals surface area contributed by atoms with E-state index in [-0.39, 0.29) is 28.1 Å². The maximum Gasteiger partial charge on any atom is 0.359 e. The normalized spacial score (nSPS) is 29.1. The van der Waals surface area contributed by atoms with Gasteiger partial charge < -0.3 is 14.6 Å². The van der Waals surface area contributed by atoms with Gasteiger partial charge in [0.25, 0.3) is 0 Å². The van der Waals surface area contributed by atoms with Crippen LogP contribution in [0.1, 0.15) is 40.0 Å². The number of aliphatic hydroxyl groups is 1. The monoisotopic (exact) mass is 477 g/mol. The Bertz CT molecular complexity index is 765. The van der Waals surface area contributed by atoms with Crippen molar-refractivity contribution in [3.8, 4) is 0 Å². The van der Waals surface area contributed by atoms with Crippen molar-refractivity contribution in [1.82, 2.24) is 4.90 Å². The van der Waals surface area contributed by atoms with E-state index in [1.165, 1.54) is 28.4 Å². The van der Waals surface area contributed by atoms with Gasteiger partial charge in [-0.3, -0.25) is 18.7 Å². The fraction of sp³-hybridized carbons (Fsp3) is 0.737. The number of carbonyl (C=O) groups excluding carboxylic acids is 3. The van der Waals surface area contributed by atoms with E-state index in [4.69, 9.17) is 9.47 Å². The highest BCUT2D eigenvalue weighted by Gasteiger charge is 2.58. The number of thioether (sulfide) groups is 2. The second kappa shape index (κ2) is 10.1. The Labute approximate surface area is 186 Å². The molecule has 8 nitrogen and oxygen atoms in total. The first-order valence-electron chi connectivity index (χ1n) is 10.1. The molecular weight excluding hydrogens is 450 g/mol. The molecule has 0 radical (unpaired) electrons. The number of nitrogens with zero attached hydrogens (tertiary/aromatic N) is 1. The van der Waals surface area contributed by atoms with E-state index in [0.717, 1.165) is 6.42 Å². The Kier molecular flexibility index (Phi) is 7.92. The number of fused-ring (bicyclic) bond motifs is 1. The molecule has 3 heterocycles. The lowest BCUT2D eigenvalue weighted by molar-refractivity contribution is -0.172. The van der Waals surface area contributed by atoms with E-state index in [1.807, 2.05) is 13.8 Å². The predicted molar refractivity (Wildman–Crippen MR) is 115 cm³/mol. The average Bonchev–Trinajstić information content (AvgIpc) is 3.23. The van der Waals surface area contributed by atoms with Crippen LogP contribution in [0, 0.1) is 11.8 Å². The summed E-state index contributed by atoms with van der Waals surface area (Å²) in [6, 6.07) is 0. The number of carbonyl (C=O) groups is 3. The van der Waals surface area contributed by atoms with Gasteiger partial charge in [0.15, 0.2) is 5.70 Å². The molecule has 5 atom stereocenters. The molecule has 30 heavy (non-hydrogen) atoms. The van der Waals surface area contributed by atoms with Crippen LogP contribution in [-0.2, 0) is 34.7 Å². The summed E-state index contributed by atoms with van der Waals surface area (Å²) in [5.74, 6) is -1.13. The lowest BCUT2D eigenvalue weighted by Crippen LogP contribution is -2.60. The molecule has 1 N–H and O–H groups in total. The number of aliphatic hydroxyl groups excluding tert-OH is 1. The molecule has 0 aromatic heterocycles. The number of hydrogen-bond donors (Lipinski definition) is 1. The summed E-state index contributed by atoms with van der Waals surface area (Å²) < 4.78 is 22.6. The van der Waals surface area contributed by atoms with Crippen molar-refractivity contribution in [1.29, 1.82) is 0 Å². The van der Waals surface area contributed by atoms with E-state index >= 15 is 0 Å². The summed E-state index contributed by atoms with van der Waals surface area (Å²) in [5, 5.41) is 9.66. The molecular formula is C19H27NO7S3. The Morgan fingerprint density at radius 2 is 2.03 bits per heavy atom. The molecule has 3 rings (SSSR count). The van der Waals surface area contributed by atoms with Crippen LogP contribution >= 0.6 is 23.5 Å². The highest BCUT2D eigenvalue weighted by molar-refractivity contribution is 8.23. The van der Waals surface area contributed by atoms with Crippen molar-refractivity contribution in [3.05, 3.63) is 9.93 Å². The molecule has 0 spiro atoms. The van der Waals surface area contributed by atoms with Crippen LogP contribution in [0.15, 0.2) is 9.93 Å². The smallest absolute Gasteiger partial charge is 0.359 e. The lowest BCUT2D eigenvalue weighted by atomic mass is 9.92. The fourth-order valence-corrected chi connectivity index (χ4v) is 8.90. The number of hydrogen-bond acceptors (Lipinski definition) is 9. The molecule has 2 saturated heterocycles. The molecule has 3 aliphatic rings. The number of β-lactam (4-membered cyclic amide) rings is 1. The van der Waals surface area contributed by atoms with E-state index in [1.54, 1.807) is 6.92 Å². The minimum Gasteiger partial charge on any atom is -0.428 e. The van der Waals surface area contributed by atoms with Crippen molar-refractivity contribution >= 4 is 52.2 Å². The summed E-state index contributed by atoms with van der Waals surface area (Å²) >= 11 is 2.79. The second-order valence-electron chi connectivity index (χ2n) is 7.48. The van der Waals surface area contributed by atoms with Crippen LogP contribution in [-0.4, -0.2) is 67.1 Å². The molecule has 0 aromatic carbocycles. The van der Waals surface area contributed by atoms with Crippen molar-refractivity contribution < 1.29 is 33.2 Å². The zero-order valence-electron chi connectivity index (χ0n) is 17.2. The number of ether oxygens (including phenoxy) is 2. The van der Waals surface area contributed by atoms with E-state index < -0.39 is 41.6 Å². The van der Waals surface area contributed by atoms with E-state index in [9.17, 15) is 23.7 Å². The minimum atomic E-state index is -0.862. The van der Waals surface area contributed by atoms with Gasteiger partial charge in [-0.2, -0.15) is 0 Å². The van der Waals surface area contributed by atoms with Gasteiger partial charge in [0.05, 0.1) is 22.2 Å². The summed E-state index contributed by atoms with van der Waals surface area (Å²) in [6.07, 6.45) is 1.22. The number of esters is 2. The van der Waals surface area contributed by atoms with Crippen LogP contribution in [0.25, 0.3) is 0 Å². The molecule has 0 aromatic rings. The van der Waals surface area contributed by atoms with Crippen molar-refractivity contribution in [2.75, 3.05) is 18.3 Å². The van der Waals surface area contributed by atoms with Gasteiger partial charge in [-0.05, 0) is 26.2 Å². The van der Waals surface area contributed by atoms with Gasteiger partial charge in [-0.1, -0.05) is 25.6 Å². The molecule has 0 saturated carbocycles. The van der Waals surface area contributed by atoms with Crippen LogP contribution in [0.4, 0.5) is 0 Å². The summed E-state index contributed by atoms with van der Waals surface area (Å²) in [4.78, 5) is 38.7. The zero-order chi connectivity index (χ0) is 22.0. The van der Waals surface area contributed by atoms with Gasteiger partial charge in [0.2, 0.25) is 12.7 Å². The number of amides is 1. The van der Waals surface area contributed by atoms with Crippen molar-refractivity contribution in [2.45, 2.75) is 56.8 Å². The summed E-state index contributed by atoms with van der Waals surface area (Å²) in [6.45, 7) is 4.81. The third-order valence-corrected chi connectivity index (χ3v) is 10.0. The number of rotatable bonds is 9. The molecule has 0 aliphatic carbocycles. The third-order valence-electron chi connectivity index (χ3n) is 5.48. The Hall–Kier alpha value is -1.04. The summed E-state index contributed by atoms with van der Waals surface area (Å²) in [5.41, 5.74) is 0.133. The van der Waals surface area contributed by atoms with Gasteiger partial charge in [0, 0.05) is 27.6 Å². The SMILES string of the molecule is CCC(CC)C(=O)OCOC(=O)C1=C(S[C@H]2CC[S@@](=O)C2)S[C@@H]2[C@@H]([C@@H](C)O)C(=O)N12. The quantitative estimate of drug-likeness (QED) is 0.302. The Morgan fingerprint density at radius 3 is 2.60 bits per heavy atom. The van der Waals surface area contributed by atoms with Gasteiger partial charge >= 0.3 is 11.9 Å². The topological polar surface area (TPSA) is 110 Å². The first-order valence-corrected chi connectivity index (χ1v) is 13.3. The highest BCUT2D eigenvalue weighted by atomic mass is 32.2. The predicted octanol–water partition coefficient (Wildman–Crippen LogP) is 1.80. The van der Waals surface area contributed by atoms with Gasteiger partial charge in [-0.25, -0.2) is 4.79 Å². The summed E-state index contributed by atoms with van der Waals surface area (Å²) in [7, 11) is -0.862. The maximum atomic E-state index is 12.8. The largest absolute Gasteiger partial charge is 0.428 e. The minimum absolute atomic E-state index is 0.0997. The average molecular weight is 478 g/mol. The first kappa shape index (κ1) is 23.6. The third kappa shape index (κ3) is 4.73. The lowest BCUT2D eigenvalue weighted by Gasteiger charge is -2.43. The van der Waals surface area contributed by atoms with Crippen LogP contribution < -0.4 is 0 Å². The molecule has 1 amide bonds. The standard InChI is InChI=1S/C19H27NO7S3/c1-4-11(5-2)17(23)26-9-27-18(24)14-19(28-12-6-7-30(25)8-12)29-16-13(10(3)21)15(22)20(14)16/h10-13,16,21H,4-9H2,1-3H3/t10-,12+,13+,16-,30-/m1/s1. The zero-order valence-corrected chi connectivity index (χ0v) is 19.6. The van der Waals surface area contributed by atoms with E-state index in [0.29, 0.717) is 28.6 Å². The molecule has 2 fully saturated rings. The molecule has 168 valence electrons. The molecule has 0 unspecified atom stereocenters. The van der Waals surface area contributed by atoms with Crippen LogP contribution in [0.2, 0.25) is 0 Å². The second-order valence-corrected chi connectivity index (χ2v) is 11.8. The van der Waals surface area contributed by atoms with Crippen LogP contribution in [0.3, 0.4) is 0 Å².